The van der Waals surface area contributed by atoms with Crippen LogP contribution in [0.25, 0.3) is 10.4 Å². The Balaban J connectivity index is 1.48. The molecule has 1 aromatic carbocycles. The van der Waals surface area contributed by atoms with Crippen molar-refractivity contribution < 1.29 is 4.79 Å². The van der Waals surface area contributed by atoms with Gasteiger partial charge < -0.3 is 16.0 Å². The van der Waals surface area contributed by atoms with Crippen molar-refractivity contribution in [3.8, 4) is 10.4 Å². The van der Waals surface area contributed by atoms with E-state index in [4.69, 9.17) is 0 Å². The summed E-state index contributed by atoms with van der Waals surface area (Å²) in [5, 5.41) is 11.3. The van der Waals surface area contributed by atoms with Gasteiger partial charge in [-0.1, -0.05) is 18.2 Å². The molecular formula is C20H23N5OS. The maximum Gasteiger partial charge on any atom is 0.251 e. The minimum absolute atomic E-state index is 0.0898. The van der Waals surface area contributed by atoms with E-state index in [2.05, 4.69) is 32.0 Å². The standard InChI is InChI=1S/C20H23N5OS/c1-3-21-18-13-14(2)24-20(25-18)23-11-10-22-19(26)16-8-6-15(7-9-16)17-5-4-12-27-17/h4-9,12-13H,3,10-11H2,1-2H3,(H,22,26)(H2,21,23,24,25). The summed E-state index contributed by atoms with van der Waals surface area (Å²) in [6.45, 7) is 5.78. The molecule has 0 aliphatic carbocycles. The van der Waals surface area contributed by atoms with Crippen molar-refractivity contribution >= 4 is 29.0 Å². The van der Waals surface area contributed by atoms with E-state index in [1.807, 2.05) is 55.6 Å². The third-order valence-corrected chi connectivity index (χ3v) is 4.78. The summed E-state index contributed by atoms with van der Waals surface area (Å²) in [5.41, 5.74) is 2.66. The summed E-state index contributed by atoms with van der Waals surface area (Å²) >= 11 is 1.68. The molecule has 2 heterocycles. The van der Waals surface area contributed by atoms with Crippen LogP contribution in [-0.4, -0.2) is 35.5 Å². The second-order valence-corrected chi connectivity index (χ2v) is 6.93. The monoisotopic (exact) mass is 381 g/mol. The topological polar surface area (TPSA) is 78.9 Å². The maximum absolute atomic E-state index is 12.3. The molecule has 3 aromatic rings. The number of nitrogens with one attached hydrogen (secondary N) is 3. The molecule has 1 amide bonds. The third kappa shape index (κ3) is 5.27. The minimum atomic E-state index is -0.0898. The molecule has 2 aromatic heterocycles. The highest BCUT2D eigenvalue weighted by atomic mass is 32.1. The molecular weight excluding hydrogens is 358 g/mol. The number of hydrogen-bond acceptors (Lipinski definition) is 6. The fourth-order valence-electron chi connectivity index (χ4n) is 2.60. The van der Waals surface area contributed by atoms with Crippen LogP contribution in [-0.2, 0) is 0 Å². The zero-order valence-corrected chi connectivity index (χ0v) is 16.3. The quantitative estimate of drug-likeness (QED) is 0.518. The summed E-state index contributed by atoms with van der Waals surface area (Å²) < 4.78 is 0. The first kappa shape index (κ1) is 18.8. The van der Waals surface area contributed by atoms with Gasteiger partial charge in [0.2, 0.25) is 5.95 Å². The van der Waals surface area contributed by atoms with Gasteiger partial charge in [-0.25, -0.2) is 4.98 Å². The Bertz CT molecular complexity index is 878. The van der Waals surface area contributed by atoms with Gasteiger partial charge in [-0.15, -0.1) is 11.3 Å². The van der Waals surface area contributed by atoms with E-state index in [1.165, 1.54) is 4.88 Å². The SMILES string of the molecule is CCNc1cc(C)nc(NCCNC(=O)c2ccc(-c3cccs3)cc2)n1. The summed E-state index contributed by atoms with van der Waals surface area (Å²) in [5.74, 6) is 1.26. The van der Waals surface area contributed by atoms with Crippen LogP contribution in [0.15, 0.2) is 47.8 Å². The number of anilines is 2. The lowest BCUT2D eigenvalue weighted by Gasteiger charge is -2.10. The van der Waals surface area contributed by atoms with Crippen molar-refractivity contribution in [1.82, 2.24) is 15.3 Å². The Kier molecular flexibility index (Phi) is 6.38. The number of benzene rings is 1. The molecule has 0 saturated heterocycles. The van der Waals surface area contributed by atoms with E-state index >= 15 is 0 Å². The Labute approximate surface area is 163 Å². The fourth-order valence-corrected chi connectivity index (χ4v) is 3.33. The van der Waals surface area contributed by atoms with Gasteiger partial charge >= 0.3 is 0 Å². The molecule has 7 heteroatoms. The third-order valence-electron chi connectivity index (χ3n) is 3.86. The van der Waals surface area contributed by atoms with Gasteiger partial charge in [0, 0.05) is 41.8 Å². The molecule has 0 spiro atoms. The molecule has 6 nitrogen and oxygen atoms in total. The molecule has 0 aliphatic heterocycles. The number of amides is 1. The molecule has 0 unspecified atom stereocenters. The van der Waals surface area contributed by atoms with E-state index in [1.54, 1.807) is 11.3 Å². The fraction of sp³-hybridized carbons (Fsp3) is 0.250. The van der Waals surface area contributed by atoms with Crippen molar-refractivity contribution in [3.05, 3.63) is 59.1 Å². The number of carbonyl (C=O) groups is 1. The molecule has 0 saturated carbocycles. The van der Waals surface area contributed by atoms with Crippen LogP contribution in [0.5, 0.6) is 0 Å². The molecule has 3 N–H and O–H groups in total. The number of aromatic nitrogens is 2. The average Bonchev–Trinajstić information content (AvgIpc) is 3.20. The van der Waals surface area contributed by atoms with Crippen molar-refractivity contribution in [2.24, 2.45) is 0 Å². The average molecular weight is 382 g/mol. The first-order valence-electron chi connectivity index (χ1n) is 8.91. The molecule has 0 aliphatic rings. The van der Waals surface area contributed by atoms with Crippen LogP contribution in [0.2, 0.25) is 0 Å². The van der Waals surface area contributed by atoms with Gasteiger partial charge in [-0.2, -0.15) is 4.98 Å². The zero-order chi connectivity index (χ0) is 19.1. The minimum Gasteiger partial charge on any atom is -0.370 e. The lowest BCUT2D eigenvalue weighted by Crippen LogP contribution is -2.29. The molecule has 140 valence electrons. The highest BCUT2D eigenvalue weighted by molar-refractivity contribution is 7.13. The normalized spacial score (nSPS) is 10.4. The largest absolute Gasteiger partial charge is 0.370 e. The van der Waals surface area contributed by atoms with Crippen LogP contribution in [0.3, 0.4) is 0 Å². The van der Waals surface area contributed by atoms with Crippen LogP contribution in [0.4, 0.5) is 11.8 Å². The van der Waals surface area contributed by atoms with E-state index < -0.39 is 0 Å². The Morgan fingerprint density at radius 2 is 1.89 bits per heavy atom. The molecule has 0 fully saturated rings. The van der Waals surface area contributed by atoms with Crippen LogP contribution in [0.1, 0.15) is 23.0 Å². The number of rotatable bonds is 8. The summed E-state index contributed by atoms with van der Waals surface area (Å²) in [7, 11) is 0. The molecule has 0 atom stereocenters. The molecule has 27 heavy (non-hydrogen) atoms. The lowest BCUT2D eigenvalue weighted by atomic mass is 10.1. The van der Waals surface area contributed by atoms with Gasteiger partial charge in [0.05, 0.1) is 0 Å². The molecule has 0 bridgehead atoms. The number of hydrogen-bond donors (Lipinski definition) is 3. The van der Waals surface area contributed by atoms with Crippen molar-refractivity contribution in [1.29, 1.82) is 0 Å². The lowest BCUT2D eigenvalue weighted by molar-refractivity contribution is 0.0955. The predicted molar refractivity (Wildman–Crippen MR) is 112 cm³/mol. The van der Waals surface area contributed by atoms with E-state index in [0.29, 0.717) is 24.6 Å². The van der Waals surface area contributed by atoms with Gasteiger partial charge in [0.15, 0.2) is 0 Å². The Morgan fingerprint density at radius 3 is 2.59 bits per heavy atom. The number of aryl methyl sites for hydroxylation is 1. The number of nitrogens with zero attached hydrogens (tertiary/aromatic N) is 2. The first-order valence-corrected chi connectivity index (χ1v) is 9.79. The Hall–Kier alpha value is -2.93. The second-order valence-electron chi connectivity index (χ2n) is 5.99. The predicted octanol–water partition coefficient (Wildman–Crippen LogP) is 3.79. The van der Waals surface area contributed by atoms with Crippen LogP contribution in [0, 0.1) is 6.92 Å². The van der Waals surface area contributed by atoms with Crippen LogP contribution >= 0.6 is 11.3 Å². The van der Waals surface area contributed by atoms with Crippen molar-refractivity contribution in [3.63, 3.8) is 0 Å². The first-order chi connectivity index (χ1) is 13.2. The summed E-state index contributed by atoms with van der Waals surface area (Å²) in [6, 6.07) is 13.6. The van der Waals surface area contributed by atoms with E-state index in [0.717, 1.165) is 23.6 Å². The van der Waals surface area contributed by atoms with Crippen LogP contribution < -0.4 is 16.0 Å². The smallest absolute Gasteiger partial charge is 0.251 e. The Morgan fingerprint density at radius 1 is 1.07 bits per heavy atom. The van der Waals surface area contributed by atoms with Gasteiger partial charge in [0.1, 0.15) is 5.82 Å². The maximum atomic E-state index is 12.3. The van der Waals surface area contributed by atoms with E-state index in [9.17, 15) is 4.79 Å². The van der Waals surface area contributed by atoms with Gasteiger partial charge in [0.25, 0.3) is 5.91 Å². The molecule has 3 rings (SSSR count). The van der Waals surface area contributed by atoms with Crippen molar-refractivity contribution in [2.75, 3.05) is 30.3 Å². The molecule has 0 radical (unpaired) electrons. The van der Waals surface area contributed by atoms with E-state index in [-0.39, 0.29) is 5.91 Å². The highest BCUT2D eigenvalue weighted by Crippen LogP contribution is 2.24. The summed E-state index contributed by atoms with van der Waals surface area (Å²) in [6.07, 6.45) is 0. The van der Waals surface area contributed by atoms with Gasteiger partial charge in [-0.3, -0.25) is 4.79 Å². The highest BCUT2D eigenvalue weighted by Gasteiger charge is 2.06. The number of thiophene rings is 1. The second kappa shape index (κ2) is 9.14. The summed E-state index contributed by atoms with van der Waals surface area (Å²) in [4.78, 5) is 22.2. The van der Waals surface area contributed by atoms with Gasteiger partial charge in [-0.05, 0) is 43.0 Å². The number of carbonyl (C=O) groups excluding carboxylic acids is 1. The zero-order valence-electron chi connectivity index (χ0n) is 15.5. The van der Waals surface area contributed by atoms with Crippen molar-refractivity contribution in [2.45, 2.75) is 13.8 Å².